The van der Waals surface area contributed by atoms with Gasteiger partial charge in [-0.2, -0.15) is 16.8 Å². The van der Waals surface area contributed by atoms with Gasteiger partial charge in [0.05, 0.1) is 9.79 Å². The molecule has 2 aromatic carbocycles. The van der Waals surface area contributed by atoms with E-state index in [0.717, 1.165) is 30.3 Å². The van der Waals surface area contributed by atoms with E-state index in [9.17, 15) is 31.6 Å². The number of aryl methyl sites for hydroxylation is 1. The van der Waals surface area contributed by atoms with Crippen molar-refractivity contribution in [3.63, 3.8) is 0 Å². The average Bonchev–Trinajstić information content (AvgIpc) is 2.49. The Kier molecular flexibility index (Phi) is 5.09. The summed E-state index contributed by atoms with van der Waals surface area (Å²) in [6.07, 6.45) is 0.0522. The number of benzene rings is 2. The predicted octanol–water partition coefficient (Wildman–Crippen LogP) is 1.74. The highest BCUT2D eigenvalue weighted by Crippen LogP contribution is 2.32. The van der Waals surface area contributed by atoms with Crippen molar-refractivity contribution < 1.29 is 36.2 Å². The van der Waals surface area contributed by atoms with E-state index in [1.54, 1.807) is 6.92 Å². The lowest BCUT2D eigenvalue weighted by Crippen LogP contribution is -2.03. The molecular weight excluding hydrogens is 372 g/mol. The van der Waals surface area contributed by atoms with Gasteiger partial charge >= 0.3 is 0 Å². The highest BCUT2D eigenvalue weighted by Gasteiger charge is 2.19. The van der Waals surface area contributed by atoms with Crippen molar-refractivity contribution in [1.29, 1.82) is 0 Å². The summed E-state index contributed by atoms with van der Waals surface area (Å²) in [6.45, 7) is 1.67. The molecule has 0 bridgehead atoms. The summed E-state index contributed by atoms with van der Waals surface area (Å²) in [5.74, 6) is -0.534. The first-order valence-corrected chi connectivity index (χ1v) is 9.93. The van der Waals surface area contributed by atoms with Crippen LogP contribution in [-0.4, -0.2) is 36.2 Å². The van der Waals surface area contributed by atoms with Gasteiger partial charge in [0.15, 0.2) is 0 Å². The zero-order valence-corrected chi connectivity index (χ0v) is 14.7. The lowest BCUT2D eigenvalue weighted by molar-refractivity contribution is 0.457. The average molecular weight is 388 g/mol. The van der Waals surface area contributed by atoms with E-state index in [1.807, 2.05) is 0 Å². The standard InChI is InChI=1S/C15H16O8S2/c1-2-9-6-13(25(21,22)23)8-11(15(9)17)5-10-7-12(24(18,19)20)3-4-14(10)16/h3-4,6-8,16-17H,2,5H2,1H3,(H,18,19,20)(H,21,22,23). The molecule has 0 aliphatic rings. The lowest BCUT2D eigenvalue weighted by Gasteiger charge is -2.12. The Labute approximate surface area is 144 Å². The van der Waals surface area contributed by atoms with Crippen molar-refractivity contribution in [2.75, 3.05) is 0 Å². The molecule has 4 N–H and O–H groups in total. The first kappa shape index (κ1) is 19.2. The largest absolute Gasteiger partial charge is 0.508 e. The third kappa shape index (κ3) is 4.28. The van der Waals surface area contributed by atoms with Gasteiger partial charge in [-0.15, -0.1) is 0 Å². The molecule has 0 radical (unpaired) electrons. The van der Waals surface area contributed by atoms with E-state index in [-0.39, 0.29) is 41.0 Å². The number of aromatic hydroxyl groups is 2. The monoisotopic (exact) mass is 388 g/mol. The molecule has 0 atom stereocenters. The van der Waals surface area contributed by atoms with Crippen LogP contribution in [0.5, 0.6) is 11.5 Å². The van der Waals surface area contributed by atoms with Crippen molar-refractivity contribution in [2.24, 2.45) is 0 Å². The molecule has 0 aliphatic heterocycles. The molecule has 0 heterocycles. The van der Waals surface area contributed by atoms with Crippen LogP contribution in [0.25, 0.3) is 0 Å². The van der Waals surface area contributed by atoms with Crippen molar-refractivity contribution >= 4 is 20.2 Å². The Bertz CT molecular complexity index is 1020. The molecule has 0 fully saturated rings. The van der Waals surface area contributed by atoms with Crippen LogP contribution in [0.2, 0.25) is 0 Å². The highest BCUT2D eigenvalue weighted by atomic mass is 32.2. The maximum atomic E-state index is 11.4. The topological polar surface area (TPSA) is 149 Å². The number of hydrogen-bond donors (Lipinski definition) is 4. The first-order chi connectivity index (χ1) is 11.4. The summed E-state index contributed by atoms with van der Waals surface area (Å²) in [4.78, 5) is -0.885. The van der Waals surface area contributed by atoms with Gasteiger partial charge in [-0.3, -0.25) is 9.11 Å². The second kappa shape index (κ2) is 6.64. The van der Waals surface area contributed by atoms with E-state index in [4.69, 9.17) is 4.55 Å². The summed E-state index contributed by atoms with van der Waals surface area (Å²) >= 11 is 0. The van der Waals surface area contributed by atoms with Crippen molar-refractivity contribution in [1.82, 2.24) is 0 Å². The summed E-state index contributed by atoms with van der Waals surface area (Å²) in [5.41, 5.74) is 0.366. The van der Waals surface area contributed by atoms with E-state index in [1.165, 1.54) is 0 Å². The SMILES string of the molecule is CCc1cc(S(=O)(=O)O)cc(Cc2cc(S(=O)(=O)O)ccc2O)c1O. The van der Waals surface area contributed by atoms with Crippen molar-refractivity contribution in [3.05, 3.63) is 47.0 Å². The third-order valence-corrected chi connectivity index (χ3v) is 5.33. The molecule has 0 saturated carbocycles. The molecule has 2 rings (SSSR count). The van der Waals surface area contributed by atoms with Gasteiger partial charge in [0.1, 0.15) is 11.5 Å². The number of phenols is 2. The summed E-state index contributed by atoms with van der Waals surface area (Å²) in [5, 5.41) is 20.1. The minimum atomic E-state index is -4.52. The Morgan fingerprint density at radius 1 is 0.800 bits per heavy atom. The van der Waals surface area contributed by atoms with Gasteiger partial charge in [0.25, 0.3) is 20.2 Å². The Balaban J connectivity index is 2.61. The van der Waals surface area contributed by atoms with Gasteiger partial charge in [-0.05, 0) is 47.9 Å². The highest BCUT2D eigenvalue weighted by molar-refractivity contribution is 7.86. The fourth-order valence-electron chi connectivity index (χ4n) is 2.35. The minimum absolute atomic E-state index is 0.0416. The first-order valence-electron chi connectivity index (χ1n) is 7.05. The maximum absolute atomic E-state index is 11.4. The van der Waals surface area contributed by atoms with E-state index in [0.29, 0.717) is 0 Å². The normalized spacial score (nSPS) is 12.3. The van der Waals surface area contributed by atoms with Crippen LogP contribution in [0, 0.1) is 0 Å². The molecule has 8 nitrogen and oxygen atoms in total. The van der Waals surface area contributed by atoms with Crippen LogP contribution in [0.15, 0.2) is 40.1 Å². The van der Waals surface area contributed by atoms with Gasteiger partial charge in [0, 0.05) is 12.0 Å². The van der Waals surface area contributed by atoms with Crippen LogP contribution in [0.1, 0.15) is 23.6 Å². The minimum Gasteiger partial charge on any atom is -0.508 e. The Hall–Kier alpha value is -2.14. The van der Waals surface area contributed by atoms with Crippen LogP contribution < -0.4 is 0 Å². The molecule has 0 unspecified atom stereocenters. The zero-order chi connectivity index (χ0) is 19.0. The third-order valence-electron chi connectivity index (χ3n) is 3.65. The van der Waals surface area contributed by atoms with Crippen molar-refractivity contribution in [2.45, 2.75) is 29.6 Å². The molecule has 0 amide bonds. The predicted molar refractivity (Wildman–Crippen MR) is 88.0 cm³/mol. The maximum Gasteiger partial charge on any atom is 0.294 e. The molecule has 0 spiro atoms. The fraction of sp³-hybridized carbons (Fsp3) is 0.200. The van der Waals surface area contributed by atoms with E-state index in [2.05, 4.69) is 0 Å². The number of phenolic OH excluding ortho intramolecular Hbond substituents is 2. The molecule has 2 aromatic rings. The lowest BCUT2D eigenvalue weighted by atomic mass is 9.99. The second-order valence-corrected chi connectivity index (χ2v) is 8.20. The molecule has 0 aliphatic carbocycles. The second-order valence-electron chi connectivity index (χ2n) is 5.36. The van der Waals surface area contributed by atoms with Crippen LogP contribution in [0.4, 0.5) is 0 Å². The van der Waals surface area contributed by atoms with Crippen LogP contribution in [-0.2, 0) is 33.1 Å². The van der Waals surface area contributed by atoms with Crippen LogP contribution >= 0.6 is 0 Å². The molecule has 25 heavy (non-hydrogen) atoms. The Morgan fingerprint density at radius 3 is 1.84 bits per heavy atom. The summed E-state index contributed by atoms with van der Waals surface area (Å²) < 4.78 is 63.5. The summed E-state index contributed by atoms with van der Waals surface area (Å²) in [6, 6.07) is 5.23. The van der Waals surface area contributed by atoms with E-state index >= 15 is 0 Å². The zero-order valence-electron chi connectivity index (χ0n) is 13.0. The van der Waals surface area contributed by atoms with Gasteiger partial charge in [0.2, 0.25) is 0 Å². The van der Waals surface area contributed by atoms with Crippen molar-refractivity contribution in [3.8, 4) is 11.5 Å². The summed E-state index contributed by atoms with van der Waals surface area (Å²) in [7, 11) is -9.02. The molecule has 0 saturated heterocycles. The molecular formula is C15H16O8S2. The smallest absolute Gasteiger partial charge is 0.294 e. The quantitative estimate of drug-likeness (QED) is 0.566. The van der Waals surface area contributed by atoms with Gasteiger partial charge < -0.3 is 10.2 Å². The molecule has 136 valence electrons. The fourth-order valence-corrected chi connectivity index (χ4v) is 3.46. The number of hydrogen-bond acceptors (Lipinski definition) is 6. The number of rotatable bonds is 5. The molecule has 10 heteroatoms. The van der Waals surface area contributed by atoms with E-state index < -0.39 is 30.0 Å². The van der Waals surface area contributed by atoms with Gasteiger partial charge in [-0.25, -0.2) is 0 Å². The Morgan fingerprint density at radius 2 is 1.32 bits per heavy atom. The van der Waals surface area contributed by atoms with Crippen LogP contribution in [0.3, 0.4) is 0 Å². The van der Waals surface area contributed by atoms with Gasteiger partial charge in [-0.1, -0.05) is 6.92 Å². The molecule has 0 aromatic heterocycles.